The largest absolute Gasteiger partial charge is 0.345 e. The highest BCUT2D eigenvalue weighted by Crippen LogP contribution is 2.12. The van der Waals surface area contributed by atoms with Crippen molar-refractivity contribution in [1.82, 2.24) is 10.3 Å². The Morgan fingerprint density at radius 1 is 1.55 bits per heavy atom. The monoisotopic (exact) mass is 361 g/mol. The molecule has 1 aromatic heterocycles. The van der Waals surface area contributed by atoms with E-state index in [1.54, 1.807) is 18.2 Å². The highest BCUT2D eigenvalue weighted by molar-refractivity contribution is 9.10. The molecule has 1 aromatic rings. The summed E-state index contributed by atoms with van der Waals surface area (Å²) in [6.07, 6.45) is 5.27. The maximum Gasteiger partial charge on any atom is 0.262 e. The fraction of sp³-hybridized carbons (Fsp3) is 0.353. The molecule has 0 aliphatic carbocycles. The van der Waals surface area contributed by atoms with Crippen LogP contribution in [0, 0.1) is 11.3 Å². The van der Waals surface area contributed by atoms with Crippen LogP contribution in [0.25, 0.3) is 6.08 Å². The summed E-state index contributed by atoms with van der Waals surface area (Å²) in [5.74, 6) is -0.371. The van der Waals surface area contributed by atoms with Gasteiger partial charge in [-0.25, -0.2) is 4.98 Å². The molecule has 0 radical (unpaired) electrons. The van der Waals surface area contributed by atoms with E-state index >= 15 is 0 Å². The van der Waals surface area contributed by atoms with Crippen LogP contribution in [0.4, 0.5) is 0 Å². The molecule has 1 amide bonds. The average molecular weight is 362 g/mol. The van der Waals surface area contributed by atoms with E-state index in [-0.39, 0.29) is 17.5 Å². The van der Waals surface area contributed by atoms with Gasteiger partial charge in [0.1, 0.15) is 16.2 Å². The fourth-order valence-electron chi connectivity index (χ4n) is 1.94. The topological polar surface area (TPSA) is 65.8 Å². The Kier molecular flexibility index (Phi) is 7.55. The first-order valence-electron chi connectivity index (χ1n) is 7.19. The SMILES string of the molecule is CC=C(C)C(CCC)NC(=O)C(C#N)=Cc1cccc(Br)n1. The fourth-order valence-corrected chi connectivity index (χ4v) is 2.30. The molecule has 0 saturated carbocycles. The quantitative estimate of drug-likeness (QED) is 0.360. The van der Waals surface area contributed by atoms with E-state index in [2.05, 4.69) is 33.2 Å². The summed E-state index contributed by atoms with van der Waals surface area (Å²) in [5.41, 5.74) is 1.71. The minimum atomic E-state index is -0.371. The molecule has 1 atom stereocenters. The second-order valence-electron chi connectivity index (χ2n) is 4.90. The molecule has 0 aliphatic rings. The predicted molar refractivity (Wildman–Crippen MR) is 91.8 cm³/mol. The zero-order valence-corrected chi connectivity index (χ0v) is 14.6. The Hall–Kier alpha value is -1.93. The number of rotatable bonds is 6. The summed E-state index contributed by atoms with van der Waals surface area (Å²) in [5, 5.41) is 12.1. The van der Waals surface area contributed by atoms with Crippen molar-refractivity contribution in [2.45, 2.75) is 39.7 Å². The van der Waals surface area contributed by atoms with Gasteiger partial charge in [-0.15, -0.1) is 0 Å². The van der Waals surface area contributed by atoms with Gasteiger partial charge in [-0.1, -0.05) is 31.1 Å². The normalized spacial score (nSPS) is 13.4. The summed E-state index contributed by atoms with van der Waals surface area (Å²) in [4.78, 5) is 16.5. The molecule has 5 heteroatoms. The molecule has 1 unspecified atom stereocenters. The lowest BCUT2D eigenvalue weighted by Gasteiger charge is -2.18. The molecule has 0 aliphatic heterocycles. The van der Waals surface area contributed by atoms with Crippen molar-refractivity contribution < 1.29 is 4.79 Å². The number of carbonyl (C=O) groups is 1. The molecule has 116 valence electrons. The van der Waals surface area contributed by atoms with Crippen LogP contribution in [0.3, 0.4) is 0 Å². The van der Waals surface area contributed by atoms with Gasteiger partial charge in [-0.3, -0.25) is 4.79 Å². The van der Waals surface area contributed by atoms with Crippen molar-refractivity contribution in [3.8, 4) is 6.07 Å². The second-order valence-corrected chi connectivity index (χ2v) is 5.71. The van der Waals surface area contributed by atoms with Crippen molar-refractivity contribution >= 4 is 27.9 Å². The molecule has 0 aromatic carbocycles. The zero-order chi connectivity index (χ0) is 16.5. The van der Waals surface area contributed by atoms with Crippen LogP contribution in [0.15, 0.2) is 40.0 Å². The van der Waals surface area contributed by atoms with Gasteiger partial charge in [0.2, 0.25) is 0 Å². The van der Waals surface area contributed by atoms with Gasteiger partial charge < -0.3 is 5.32 Å². The van der Waals surface area contributed by atoms with E-state index in [1.807, 2.05) is 26.0 Å². The number of carbonyl (C=O) groups excluding carboxylic acids is 1. The molecule has 4 nitrogen and oxygen atoms in total. The first kappa shape index (κ1) is 18.1. The Morgan fingerprint density at radius 3 is 2.82 bits per heavy atom. The van der Waals surface area contributed by atoms with Crippen LogP contribution in [0.5, 0.6) is 0 Å². The van der Waals surface area contributed by atoms with E-state index in [4.69, 9.17) is 0 Å². The van der Waals surface area contributed by atoms with E-state index in [0.717, 1.165) is 18.4 Å². The third-order valence-corrected chi connectivity index (χ3v) is 3.72. The minimum absolute atomic E-state index is 0.0466. The lowest BCUT2D eigenvalue weighted by atomic mass is 10.0. The van der Waals surface area contributed by atoms with E-state index < -0.39 is 0 Å². The predicted octanol–water partition coefficient (Wildman–Crippen LogP) is 4.00. The summed E-state index contributed by atoms with van der Waals surface area (Å²) < 4.78 is 0.660. The van der Waals surface area contributed by atoms with Gasteiger partial charge >= 0.3 is 0 Å². The third-order valence-electron chi connectivity index (χ3n) is 3.28. The molecule has 22 heavy (non-hydrogen) atoms. The summed E-state index contributed by atoms with van der Waals surface area (Å²) in [7, 11) is 0. The molecule has 1 rings (SSSR count). The maximum absolute atomic E-state index is 12.3. The molecule has 1 heterocycles. The number of pyridine rings is 1. The molecule has 0 saturated heterocycles. The van der Waals surface area contributed by atoms with Crippen LogP contribution in [0.1, 0.15) is 39.3 Å². The Bertz CT molecular complexity index is 629. The van der Waals surface area contributed by atoms with Gasteiger partial charge in [0, 0.05) is 0 Å². The van der Waals surface area contributed by atoms with Gasteiger partial charge in [0.05, 0.1) is 11.7 Å². The van der Waals surface area contributed by atoms with E-state index in [1.165, 1.54) is 6.08 Å². The Balaban J connectivity index is 2.95. The molecule has 0 bridgehead atoms. The highest BCUT2D eigenvalue weighted by Gasteiger charge is 2.16. The highest BCUT2D eigenvalue weighted by atomic mass is 79.9. The molecule has 0 spiro atoms. The molecular weight excluding hydrogens is 342 g/mol. The van der Waals surface area contributed by atoms with E-state index in [9.17, 15) is 10.1 Å². The minimum Gasteiger partial charge on any atom is -0.345 e. The Morgan fingerprint density at radius 2 is 2.27 bits per heavy atom. The van der Waals surface area contributed by atoms with Crippen molar-refractivity contribution in [2.24, 2.45) is 0 Å². The summed E-state index contributed by atoms with van der Waals surface area (Å²) >= 11 is 3.27. The van der Waals surface area contributed by atoms with Crippen molar-refractivity contribution in [1.29, 1.82) is 5.26 Å². The van der Waals surface area contributed by atoms with Crippen LogP contribution in [0.2, 0.25) is 0 Å². The van der Waals surface area contributed by atoms with Crippen molar-refractivity contribution in [2.75, 3.05) is 0 Å². The Labute approximate surface area is 140 Å². The number of nitriles is 1. The second kappa shape index (κ2) is 9.16. The first-order valence-corrected chi connectivity index (χ1v) is 7.99. The van der Waals surface area contributed by atoms with Gasteiger partial charge in [-0.05, 0) is 54.4 Å². The number of amides is 1. The number of hydrogen-bond acceptors (Lipinski definition) is 3. The van der Waals surface area contributed by atoms with Gasteiger partial charge in [0.15, 0.2) is 0 Å². The van der Waals surface area contributed by atoms with Crippen LogP contribution < -0.4 is 5.32 Å². The van der Waals surface area contributed by atoms with Crippen LogP contribution in [-0.4, -0.2) is 16.9 Å². The summed E-state index contributed by atoms with van der Waals surface area (Å²) in [6, 6.07) is 7.24. The third kappa shape index (κ3) is 5.45. The number of aromatic nitrogens is 1. The van der Waals surface area contributed by atoms with Gasteiger partial charge in [-0.2, -0.15) is 5.26 Å². The lowest BCUT2D eigenvalue weighted by Crippen LogP contribution is -2.36. The number of nitrogens with zero attached hydrogens (tertiary/aromatic N) is 2. The standard InChI is InChI=1S/C17H20BrN3O/c1-4-7-15(12(3)5-2)21-17(22)13(11-19)10-14-8-6-9-16(18)20-14/h5-6,8-10,15H,4,7H2,1-3H3,(H,21,22). The maximum atomic E-state index is 12.3. The number of hydrogen-bond donors (Lipinski definition) is 1. The average Bonchev–Trinajstić information content (AvgIpc) is 2.51. The molecule has 0 fully saturated rings. The summed E-state index contributed by atoms with van der Waals surface area (Å²) in [6.45, 7) is 5.98. The van der Waals surface area contributed by atoms with Crippen LogP contribution in [-0.2, 0) is 4.79 Å². The number of nitrogens with one attached hydrogen (secondary N) is 1. The van der Waals surface area contributed by atoms with Gasteiger partial charge in [0.25, 0.3) is 5.91 Å². The van der Waals surface area contributed by atoms with Crippen LogP contribution >= 0.6 is 15.9 Å². The van der Waals surface area contributed by atoms with Crippen molar-refractivity contribution in [3.05, 3.63) is 45.7 Å². The molecular formula is C17H20BrN3O. The van der Waals surface area contributed by atoms with E-state index in [0.29, 0.717) is 10.3 Å². The molecule has 1 N–H and O–H groups in total. The zero-order valence-electron chi connectivity index (χ0n) is 13.1. The first-order chi connectivity index (χ1) is 10.5. The van der Waals surface area contributed by atoms with Crippen molar-refractivity contribution in [3.63, 3.8) is 0 Å². The number of allylic oxidation sites excluding steroid dienone is 1. The lowest BCUT2D eigenvalue weighted by molar-refractivity contribution is -0.117. The number of halogens is 1. The smallest absolute Gasteiger partial charge is 0.262 e.